The second-order valence-electron chi connectivity index (χ2n) is 6.52. The lowest BCUT2D eigenvalue weighted by molar-refractivity contribution is 0.0669. The van der Waals surface area contributed by atoms with Crippen LogP contribution < -0.4 is 5.73 Å². The lowest BCUT2D eigenvalue weighted by atomic mass is 9.68. The van der Waals surface area contributed by atoms with Gasteiger partial charge in [-0.2, -0.15) is 0 Å². The number of piperidine rings is 1. The first-order chi connectivity index (χ1) is 8.20. The van der Waals surface area contributed by atoms with Crippen molar-refractivity contribution in [1.82, 2.24) is 4.90 Å². The van der Waals surface area contributed by atoms with Crippen LogP contribution in [0.4, 0.5) is 0 Å². The van der Waals surface area contributed by atoms with Gasteiger partial charge in [0.15, 0.2) is 0 Å². The average Bonchev–Trinajstić information content (AvgIpc) is 2.33. The highest BCUT2D eigenvalue weighted by Gasteiger charge is 2.35. The zero-order valence-corrected chi connectivity index (χ0v) is 11.6. The van der Waals surface area contributed by atoms with Crippen LogP contribution in [0.25, 0.3) is 0 Å². The molecular formula is C15H30N2. The third-order valence-corrected chi connectivity index (χ3v) is 4.96. The lowest BCUT2D eigenvalue weighted by Crippen LogP contribution is -2.41. The summed E-state index contributed by atoms with van der Waals surface area (Å²) in [7, 11) is 0. The number of hydrogen-bond donors (Lipinski definition) is 1. The number of hydrogen-bond acceptors (Lipinski definition) is 2. The minimum Gasteiger partial charge on any atom is -0.328 e. The highest BCUT2D eigenvalue weighted by atomic mass is 15.1. The second kappa shape index (κ2) is 6.19. The fourth-order valence-electron chi connectivity index (χ4n) is 3.69. The summed E-state index contributed by atoms with van der Waals surface area (Å²) < 4.78 is 0. The molecule has 2 rings (SSSR count). The molecule has 2 aliphatic rings. The van der Waals surface area contributed by atoms with Gasteiger partial charge < -0.3 is 10.6 Å². The molecule has 0 amide bonds. The minimum atomic E-state index is 0.379. The fraction of sp³-hybridized carbons (Fsp3) is 1.00. The maximum atomic E-state index is 5.80. The smallest absolute Gasteiger partial charge is 0.00109 e. The zero-order valence-electron chi connectivity index (χ0n) is 11.6. The summed E-state index contributed by atoms with van der Waals surface area (Å²) >= 11 is 0. The Morgan fingerprint density at radius 2 is 1.71 bits per heavy atom. The highest BCUT2D eigenvalue weighted by Crippen LogP contribution is 2.44. The van der Waals surface area contributed by atoms with E-state index in [1.165, 1.54) is 77.4 Å². The molecule has 1 atom stereocenters. The molecule has 1 saturated carbocycles. The summed E-state index contributed by atoms with van der Waals surface area (Å²) in [6, 6.07) is 0.379. The number of rotatable bonds is 4. The molecule has 0 bridgehead atoms. The van der Waals surface area contributed by atoms with E-state index in [9.17, 15) is 0 Å². The summed E-state index contributed by atoms with van der Waals surface area (Å²) in [5.74, 6) is 0. The molecule has 2 heteroatoms. The van der Waals surface area contributed by atoms with Gasteiger partial charge in [0.1, 0.15) is 0 Å². The Hall–Kier alpha value is -0.0800. The Kier molecular flexibility index (Phi) is 4.87. The summed E-state index contributed by atoms with van der Waals surface area (Å²) in [4.78, 5) is 2.67. The van der Waals surface area contributed by atoms with Crippen LogP contribution >= 0.6 is 0 Å². The molecule has 1 saturated heterocycles. The Bertz CT molecular complexity index is 209. The van der Waals surface area contributed by atoms with Crippen molar-refractivity contribution in [3.05, 3.63) is 0 Å². The predicted molar refractivity (Wildman–Crippen MR) is 74.1 cm³/mol. The van der Waals surface area contributed by atoms with E-state index < -0.39 is 0 Å². The summed E-state index contributed by atoms with van der Waals surface area (Å²) in [6.07, 6.45) is 12.9. The van der Waals surface area contributed by atoms with E-state index in [4.69, 9.17) is 5.73 Å². The van der Waals surface area contributed by atoms with E-state index in [0.717, 1.165) is 5.41 Å². The molecule has 1 aliphatic carbocycles. The van der Waals surface area contributed by atoms with Gasteiger partial charge >= 0.3 is 0 Å². The fourth-order valence-corrected chi connectivity index (χ4v) is 3.69. The van der Waals surface area contributed by atoms with Crippen molar-refractivity contribution < 1.29 is 0 Å². The van der Waals surface area contributed by atoms with Gasteiger partial charge in [0.2, 0.25) is 0 Å². The van der Waals surface area contributed by atoms with Crippen LogP contribution in [0, 0.1) is 5.41 Å². The molecule has 100 valence electrons. The third-order valence-electron chi connectivity index (χ3n) is 4.96. The first-order valence-corrected chi connectivity index (χ1v) is 7.68. The molecule has 2 fully saturated rings. The van der Waals surface area contributed by atoms with Crippen LogP contribution in [0.5, 0.6) is 0 Å². The van der Waals surface area contributed by atoms with Crippen molar-refractivity contribution in [1.29, 1.82) is 0 Å². The maximum Gasteiger partial charge on any atom is 0.00109 e. The van der Waals surface area contributed by atoms with Gasteiger partial charge in [0.25, 0.3) is 0 Å². The van der Waals surface area contributed by atoms with E-state index in [1.807, 2.05) is 0 Å². The van der Waals surface area contributed by atoms with E-state index in [2.05, 4.69) is 11.8 Å². The summed E-state index contributed by atoms with van der Waals surface area (Å²) in [6.45, 7) is 6.09. The molecule has 2 nitrogen and oxygen atoms in total. The SMILES string of the molecule is CC(N)CCCN1CCC2(CCCCC2)CC1. The second-order valence-corrected chi connectivity index (χ2v) is 6.52. The first-order valence-electron chi connectivity index (χ1n) is 7.68. The number of likely N-dealkylation sites (tertiary alicyclic amines) is 1. The van der Waals surface area contributed by atoms with Crippen LogP contribution in [-0.4, -0.2) is 30.6 Å². The quantitative estimate of drug-likeness (QED) is 0.815. The zero-order chi connectivity index (χ0) is 12.1. The Labute approximate surface area is 107 Å². The molecule has 2 N–H and O–H groups in total. The topological polar surface area (TPSA) is 29.3 Å². The summed E-state index contributed by atoms with van der Waals surface area (Å²) in [5, 5.41) is 0. The molecule has 0 aromatic rings. The molecule has 1 heterocycles. The Balaban J connectivity index is 1.66. The lowest BCUT2D eigenvalue weighted by Gasteiger charge is -2.44. The van der Waals surface area contributed by atoms with Crippen LogP contribution in [0.15, 0.2) is 0 Å². The maximum absolute atomic E-state index is 5.80. The van der Waals surface area contributed by atoms with Crippen molar-refractivity contribution in [3.63, 3.8) is 0 Å². The van der Waals surface area contributed by atoms with E-state index in [-0.39, 0.29) is 0 Å². The van der Waals surface area contributed by atoms with Gasteiger partial charge in [-0.25, -0.2) is 0 Å². The Morgan fingerprint density at radius 1 is 1.06 bits per heavy atom. The summed E-state index contributed by atoms with van der Waals surface area (Å²) in [5.41, 5.74) is 6.56. The van der Waals surface area contributed by atoms with E-state index in [1.54, 1.807) is 0 Å². The first kappa shape index (κ1) is 13.4. The minimum absolute atomic E-state index is 0.379. The molecular weight excluding hydrogens is 208 g/mol. The normalized spacial score (nSPS) is 27.2. The van der Waals surface area contributed by atoms with Crippen LogP contribution in [0.3, 0.4) is 0 Å². The Morgan fingerprint density at radius 3 is 2.29 bits per heavy atom. The largest absolute Gasteiger partial charge is 0.328 e. The number of nitrogens with two attached hydrogens (primary N) is 1. The average molecular weight is 238 g/mol. The number of nitrogens with zero attached hydrogens (tertiary/aromatic N) is 1. The van der Waals surface area contributed by atoms with Gasteiger partial charge in [-0.15, -0.1) is 0 Å². The molecule has 0 aromatic carbocycles. The molecule has 0 radical (unpaired) electrons. The molecule has 17 heavy (non-hydrogen) atoms. The van der Waals surface area contributed by atoms with E-state index in [0.29, 0.717) is 6.04 Å². The van der Waals surface area contributed by atoms with Crippen molar-refractivity contribution in [2.24, 2.45) is 11.1 Å². The molecule has 1 unspecified atom stereocenters. The van der Waals surface area contributed by atoms with Gasteiger partial charge in [-0.3, -0.25) is 0 Å². The van der Waals surface area contributed by atoms with Crippen molar-refractivity contribution in [2.45, 2.75) is 70.8 Å². The van der Waals surface area contributed by atoms with Crippen LogP contribution in [-0.2, 0) is 0 Å². The molecule has 0 aromatic heterocycles. The van der Waals surface area contributed by atoms with Crippen molar-refractivity contribution in [3.8, 4) is 0 Å². The third kappa shape index (κ3) is 3.96. The van der Waals surface area contributed by atoms with Gasteiger partial charge in [0, 0.05) is 6.04 Å². The standard InChI is InChI=1S/C15H30N2/c1-14(16)6-5-11-17-12-9-15(10-13-17)7-3-2-4-8-15/h14H,2-13,16H2,1H3. The van der Waals surface area contributed by atoms with Crippen LogP contribution in [0.2, 0.25) is 0 Å². The van der Waals surface area contributed by atoms with Crippen molar-refractivity contribution >= 4 is 0 Å². The van der Waals surface area contributed by atoms with E-state index >= 15 is 0 Å². The predicted octanol–water partition coefficient (Wildman–Crippen LogP) is 3.16. The monoisotopic (exact) mass is 238 g/mol. The molecule has 1 spiro atoms. The molecule has 1 aliphatic heterocycles. The van der Waals surface area contributed by atoms with Gasteiger partial charge in [-0.05, 0) is 70.5 Å². The highest BCUT2D eigenvalue weighted by molar-refractivity contribution is 4.88. The van der Waals surface area contributed by atoms with Gasteiger partial charge in [-0.1, -0.05) is 19.3 Å². The van der Waals surface area contributed by atoms with Gasteiger partial charge in [0.05, 0.1) is 0 Å². The van der Waals surface area contributed by atoms with Crippen molar-refractivity contribution in [2.75, 3.05) is 19.6 Å². The van der Waals surface area contributed by atoms with Crippen LogP contribution in [0.1, 0.15) is 64.7 Å².